The van der Waals surface area contributed by atoms with Gasteiger partial charge in [0, 0.05) is 33.8 Å². The molecule has 0 bridgehead atoms. The number of aryl methyl sites for hydroxylation is 2. The average molecular weight is 656 g/mol. The Labute approximate surface area is 263 Å². The molecule has 232 valence electrons. The number of thiophene rings is 1. The van der Waals surface area contributed by atoms with E-state index in [0.717, 1.165) is 6.07 Å². The van der Waals surface area contributed by atoms with Crippen molar-refractivity contribution in [2.45, 2.75) is 33.1 Å². The third-order valence-corrected chi connectivity index (χ3v) is 8.57. The van der Waals surface area contributed by atoms with Crippen molar-refractivity contribution in [3.8, 4) is 22.9 Å². The topological polar surface area (TPSA) is 121 Å². The molecule has 0 aliphatic heterocycles. The zero-order valence-corrected chi connectivity index (χ0v) is 26.0. The lowest BCUT2D eigenvalue weighted by molar-refractivity contribution is -0.138. The Kier molecular flexibility index (Phi) is 8.59. The molecule has 0 spiro atoms. The van der Waals surface area contributed by atoms with Crippen LogP contribution in [-0.2, 0) is 19.3 Å². The fraction of sp³-hybridized carbons (Fsp3) is 0.258. The van der Waals surface area contributed by atoms with Crippen LogP contribution >= 0.6 is 22.9 Å². The Morgan fingerprint density at radius 1 is 1.20 bits per heavy atom. The predicted molar refractivity (Wildman–Crippen MR) is 165 cm³/mol. The molecule has 0 saturated heterocycles. The van der Waals surface area contributed by atoms with Gasteiger partial charge < -0.3 is 14.7 Å². The molecule has 3 heterocycles. The van der Waals surface area contributed by atoms with Gasteiger partial charge in [-0.15, -0.1) is 11.3 Å². The summed E-state index contributed by atoms with van der Waals surface area (Å²) in [4.78, 5) is 36.2. The third-order valence-electron chi connectivity index (χ3n) is 7.20. The van der Waals surface area contributed by atoms with Crippen molar-refractivity contribution in [3.63, 3.8) is 0 Å². The number of aromatic carboxylic acids is 1. The molecule has 5 rings (SSSR count). The predicted octanol–water partition coefficient (Wildman–Crippen LogP) is 6.67. The van der Waals surface area contributed by atoms with Gasteiger partial charge in [-0.25, -0.2) is 9.78 Å². The van der Waals surface area contributed by atoms with Crippen LogP contribution in [0, 0.1) is 25.2 Å². The normalized spacial score (nSPS) is 11.8. The Bertz CT molecular complexity index is 2100. The third kappa shape index (κ3) is 5.96. The molecule has 0 radical (unpaired) electrons. The minimum absolute atomic E-state index is 0.0302. The molecule has 45 heavy (non-hydrogen) atoms. The molecule has 9 nitrogen and oxygen atoms in total. The maximum atomic E-state index is 14.0. The summed E-state index contributed by atoms with van der Waals surface area (Å²) in [6.07, 6.45) is -3.25. The molecule has 0 unspecified atom stereocenters. The van der Waals surface area contributed by atoms with Crippen LogP contribution in [0.25, 0.3) is 32.2 Å². The highest BCUT2D eigenvalue weighted by molar-refractivity contribution is 7.20. The molecular formula is C31H25ClF3N5O4S. The van der Waals surface area contributed by atoms with E-state index in [4.69, 9.17) is 16.3 Å². The van der Waals surface area contributed by atoms with Gasteiger partial charge in [-0.05, 0) is 63.8 Å². The summed E-state index contributed by atoms with van der Waals surface area (Å²) >= 11 is 7.61. The summed E-state index contributed by atoms with van der Waals surface area (Å²) in [7, 11) is 3.14. The zero-order valence-electron chi connectivity index (χ0n) is 24.4. The smallest absolute Gasteiger partial charge is 0.416 e. The Balaban J connectivity index is 1.54. The molecule has 14 heteroatoms. The second kappa shape index (κ2) is 12.1. The molecule has 0 saturated carbocycles. The first kappa shape index (κ1) is 31.9. The second-order valence-corrected chi connectivity index (χ2v) is 12.2. The molecular weight excluding hydrogens is 631 g/mol. The van der Waals surface area contributed by atoms with E-state index in [0.29, 0.717) is 37.0 Å². The minimum atomic E-state index is -4.75. The van der Waals surface area contributed by atoms with Crippen LogP contribution < -0.4 is 10.3 Å². The lowest BCUT2D eigenvalue weighted by Crippen LogP contribution is -2.28. The van der Waals surface area contributed by atoms with Gasteiger partial charge in [0.15, 0.2) is 0 Å². The van der Waals surface area contributed by atoms with E-state index < -0.39 is 23.3 Å². The number of hydrogen-bond acceptors (Lipinski definition) is 8. The van der Waals surface area contributed by atoms with Gasteiger partial charge in [0.2, 0.25) is 0 Å². The average Bonchev–Trinajstić information content (AvgIpc) is 3.30. The maximum absolute atomic E-state index is 14.0. The van der Waals surface area contributed by atoms with Gasteiger partial charge in [0.25, 0.3) is 5.56 Å². The molecule has 0 aliphatic carbocycles. The maximum Gasteiger partial charge on any atom is 0.416 e. The van der Waals surface area contributed by atoms with E-state index in [1.165, 1.54) is 33.9 Å². The number of rotatable bonds is 8. The lowest BCUT2D eigenvalue weighted by Gasteiger charge is -2.20. The number of nitriles is 1. The van der Waals surface area contributed by atoms with Crippen molar-refractivity contribution in [2.24, 2.45) is 0 Å². The molecule has 0 amide bonds. The van der Waals surface area contributed by atoms with Gasteiger partial charge in [-0.1, -0.05) is 11.6 Å². The van der Waals surface area contributed by atoms with Crippen LogP contribution in [-0.4, -0.2) is 51.2 Å². The monoisotopic (exact) mass is 655 g/mol. The van der Waals surface area contributed by atoms with Crippen molar-refractivity contribution in [1.29, 1.82) is 5.26 Å². The van der Waals surface area contributed by atoms with Crippen LogP contribution in [0.1, 0.15) is 37.7 Å². The number of carboxylic acid groups (broad SMARTS) is 1. The Morgan fingerprint density at radius 2 is 1.93 bits per heavy atom. The second-order valence-electron chi connectivity index (χ2n) is 10.5. The van der Waals surface area contributed by atoms with Gasteiger partial charge in [0.1, 0.15) is 24.3 Å². The van der Waals surface area contributed by atoms with Crippen LogP contribution in [0.5, 0.6) is 5.75 Å². The highest BCUT2D eigenvalue weighted by atomic mass is 35.5. The molecule has 3 aromatic heterocycles. The summed E-state index contributed by atoms with van der Waals surface area (Å²) in [6, 6.07) is 9.33. The standard InChI is InChI=1S/C31H25ClF3N5O4S/c1-15-25(30(42)43)27-28(45-15)18(7-8-37-27)19-11-17(32)5-6-24(19)44-10-9-40-16(2)38-23-12-22(31(33,34)35)21(14-39(3)4)20(13-36)26(23)29(40)41/h5-8,11-12H,9-10,14H2,1-4H3,(H,42,43). The number of carbonyl (C=O) groups is 1. The summed E-state index contributed by atoms with van der Waals surface area (Å²) in [5.41, 5.74) is -0.846. The number of ether oxygens (including phenoxy) is 1. The first-order valence-corrected chi connectivity index (χ1v) is 14.7. The van der Waals surface area contributed by atoms with Gasteiger partial charge >= 0.3 is 12.1 Å². The first-order valence-electron chi connectivity index (χ1n) is 13.5. The number of pyridine rings is 1. The molecule has 2 aromatic carbocycles. The number of halogens is 4. The number of alkyl halides is 3. The number of aromatic nitrogens is 3. The largest absolute Gasteiger partial charge is 0.491 e. The van der Waals surface area contributed by atoms with Crippen molar-refractivity contribution in [1.82, 2.24) is 19.4 Å². The quantitative estimate of drug-likeness (QED) is 0.197. The minimum Gasteiger partial charge on any atom is -0.491 e. The van der Waals surface area contributed by atoms with Gasteiger partial charge in [-0.3, -0.25) is 14.3 Å². The van der Waals surface area contributed by atoms with Crippen molar-refractivity contribution >= 4 is 50.0 Å². The summed E-state index contributed by atoms with van der Waals surface area (Å²) < 4.78 is 49.9. The highest BCUT2D eigenvalue weighted by Crippen LogP contribution is 2.41. The van der Waals surface area contributed by atoms with Crippen molar-refractivity contribution < 1.29 is 27.8 Å². The summed E-state index contributed by atoms with van der Waals surface area (Å²) in [5.74, 6) is -0.537. The molecule has 0 aliphatic rings. The lowest BCUT2D eigenvalue weighted by atomic mass is 9.96. The Morgan fingerprint density at radius 3 is 2.58 bits per heavy atom. The van der Waals surface area contributed by atoms with E-state index >= 15 is 0 Å². The number of benzene rings is 2. The van der Waals surface area contributed by atoms with E-state index in [1.807, 2.05) is 6.07 Å². The first-order chi connectivity index (χ1) is 21.2. The molecule has 1 N–H and O–H groups in total. The van der Waals surface area contributed by atoms with Crippen LogP contribution in [0.15, 0.2) is 41.3 Å². The number of fused-ring (bicyclic) bond motifs is 2. The highest BCUT2D eigenvalue weighted by Gasteiger charge is 2.36. The molecule has 0 fully saturated rings. The fourth-order valence-electron chi connectivity index (χ4n) is 5.30. The van der Waals surface area contributed by atoms with E-state index in [9.17, 15) is 33.1 Å². The summed E-state index contributed by atoms with van der Waals surface area (Å²) in [6.45, 7) is 2.92. The van der Waals surface area contributed by atoms with E-state index in [2.05, 4.69) is 9.97 Å². The van der Waals surface area contributed by atoms with Crippen LogP contribution in [0.4, 0.5) is 13.2 Å². The fourth-order valence-corrected chi connectivity index (χ4v) is 6.60. The van der Waals surface area contributed by atoms with E-state index in [-0.39, 0.29) is 53.1 Å². The number of carboxylic acids is 1. The summed E-state index contributed by atoms with van der Waals surface area (Å²) in [5, 5.41) is 19.9. The molecule has 5 aromatic rings. The van der Waals surface area contributed by atoms with Crippen molar-refractivity contribution in [3.05, 3.63) is 84.9 Å². The van der Waals surface area contributed by atoms with Crippen LogP contribution in [0.2, 0.25) is 5.02 Å². The van der Waals surface area contributed by atoms with Crippen molar-refractivity contribution in [2.75, 3.05) is 20.7 Å². The SMILES string of the molecule is Cc1sc2c(-c3cc(Cl)ccc3OCCn3c(C)nc4cc(C(F)(F)F)c(CN(C)C)c(C#N)c4c3=O)ccnc2c1C(=O)O. The van der Waals surface area contributed by atoms with E-state index in [1.54, 1.807) is 45.3 Å². The number of nitrogens with zero attached hydrogens (tertiary/aromatic N) is 5. The Hall–Kier alpha value is -4.51. The van der Waals surface area contributed by atoms with Gasteiger partial charge in [-0.2, -0.15) is 18.4 Å². The zero-order chi connectivity index (χ0) is 32.8. The molecule has 0 atom stereocenters. The van der Waals surface area contributed by atoms with Crippen LogP contribution in [0.3, 0.4) is 0 Å². The van der Waals surface area contributed by atoms with Gasteiger partial charge in [0.05, 0.1) is 44.4 Å². The number of hydrogen-bond donors (Lipinski definition) is 1.